The van der Waals surface area contributed by atoms with E-state index in [9.17, 15) is 4.79 Å². The van der Waals surface area contributed by atoms with Gasteiger partial charge < -0.3 is 20.1 Å². The number of carbonyl (C=O) groups excluding carboxylic acids is 1. The summed E-state index contributed by atoms with van der Waals surface area (Å²) in [6, 6.07) is 5.21. The Hall–Kier alpha value is -1.30. The van der Waals surface area contributed by atoms with Crippen molar-refractivity contribution in [3.05, 3.63) is 28.8 Å². The van der Waals surface area contributed by atoms with Crippen molar-refractivity contribution in [2.24, 2.45) is 11.7 Å². The minimum Gasteiger partial charge on any atom is -0.492 e. The van der Waals surface area contributed by atoms with Gasteiger partial charge in [0.15, 0.2) is 0 Å². The summed E-state index contributed by atoms with van der Waals surface area (Å²) in [5, 5.41) is 0.458. The quantitative estimate of drug-likeness (QED) is 0.808. The topological polar surface area (TPSA) is 64.8 Å². The molecule has 3 rings (SSSR count). The van der Waals surface area contributed by atoms with E-state index < -0.39 is 0 Å². The normalized spacial score (nSPS) is 21.3. The number of nitrogens with two attached hydrogens (primary N) is 1. The van der Waals surface area contributed by atoms with Gasteiger partial charge in [0.05, 0.1) is 24.3 Å². The van der Waals surface area contributed by atoms with Crippen LogP contribution in [0.2, 0.25) is 5.02 Å². The van der Waals surface area contributed by atoms with Crippen LogP contribution < -0.4 is 10.5 Å². The van der Waals surface area contributed by atoms with Crippen molar-refractivity contribution in [1.29, 1.82) is 0 Å². The number of hydrogen-bond acceptors (Lipinski definition) is 4. The molecule has 2 fully saturated rings. The number of amides is 1. The highest BCUT2D eigenvalue weighted by molar-refractivity contribution is 6.32. The van der Waals surface area contributed by atoms with Crippen molar-refractivity contribution in [3.8, 4) is 5.75 Å². The number of nitrogens with zero attached hydrogens (tertiary/aromatic N) is 1. The molecule has 1 aromatic rings. The van der Waals surface area contributed by atoms with Gasteiger partial charge in [-0.2, -0.15) is 0 Å². The molecule has 5 nitrogen and oxygen atoms in total. The predicted molar refractivity (Wildman–Crippen MR) is 89.0 cm³/mol. The average molecular weight is 339 g/mol. The van der Waals surface area contributed by atoms with E-state index in [-0.39, 0.29) is 12.0 Å². The number of halogens is 1. The van der Waals surface area contributed by atoms with Crippen LogP contribution in [0.1, 0.15) is 29.6 Å². The van der Waals surface area contributed by atoms with Crippen molar-refractivity contribution >= 4 is 17.5 Å². The summed E-state index contributed by atoms with van der Waals surface area (Å²) in [4.78, 5) is 14.5. The first-order valence-electron chi connectivity index (χ1n) is 8.22. The third-order valence-electron chi connectivity index (χ3n) is 4.31. The third-order valence-corrected chi connectivity index (χ3v) is 4.61. The lowest BCUT2D eigenvalue weighted by molar-refractivity contribution is -0.0313. The molecule has 1 aromatic carbocycles. The summed E-state index contributed by atoms with van der Waals surface area (Å²) >= 11 is 6.23. The first kappa shape index (κ1) is 16.6. The van der Waals surface area contributed by atoms with Crippen LogP contribution in [0.25, 0.3) is 0 Å². The SMILES string of the molecule is NCCCOc1ccc(C(=O)N2CCO[C@H](C3CC3)C2)cc1Cl. The minimum absolute atomic E-state index is 0.00866. The second-order valence-corrected chi connectivity index (χ2v) is 6.54. The standard InChI is InChI=1S/C17H23ClN2O3/c18-14-10-13(4-5-15(14)22-8-1-6-19)17(21)20-7-9-23-16(11-20)12-2-3-12/h4-5,10,12,16H,1-3,6-9,11,19H2/t16-/m0/s1. The molecule has 126 valence electrons. The molecule has 0 aromatic heterocycles. The summed E-state index contributed by atoms with van der Waals surface area (Å²) in [6.45, 7) is 3.02. The molecule has 0 spiro atoms. The molecule has 1 amide bonds. The first-order chi connectivity index (χ1) is 11.2. The second kappa shape index (κ2) is 7.51. The number of morpholine rings is 1. The lowest BCUT2D eigenvalue weighted by Crippen LogP contribution is -2.46. The van der Waals surface area contributed by atoms with E-state index in [4.69, 9.17) is 26.8 Å². The fourth-order valence-corrected chi connectivity index (χ4v) is 3.05. The molecule has 1 saturated heterocycles. The lowest BCUT2D eigenvalue weighted by atomic mass is 10.1. The maximum absolute atomic E-state index is 12.7. The van der Waals surface area contributed by atoms with Gasteiger partial charge in [0.25, 0.3) is 5.91 Å². The molecule has 0 radical (unpaired) electrons. The zero-order chi connectivity index (χ0) is 16.2. The van der Waals surface area contributed by atoms with Crippen LogP contribution in [-0.4, -0.2) is 49.8 Å². The zero-order valence-electron chi connectivity index (χ0n) is 13.2. The maximum Gasteiger partial charge on any atom is 0.254 e. The van der Waals surface area contributed by atoms with E-state index in [1.807, 2.05) is 4.90 Å². The van der Waals surface area contributed by atoms with Crippen molar-refractivity contribution in [3.63, 3.8) is 0 Å². The summed E-state index contributed by atoms with van der Waals surface area (Å²) in [7, 11) is 0. The van der Waals surface area contributed by atoms with E-state index in [0.29, 0.717) is 55.1 Å². The van der Waals surface area contributed by atoms with Crippen molar-refractivity contribution in [2.75, 3.05) is 32.8 Å². The van der Waals surface area contributed by atoms with Gasteiger partial charge in [0.1, 0.15) is 5.75 Å². The van der Waals surface area contributed by atoms with Crippen LogP contribution in [-0.2, 0) is 4.74 Å². The molecule has 0 unspecified atom stereocenters. The lowest BCUT2D eigenvalue weighted by Gasteiger charge is -2.33. The molecule has 23 heavy (non-hydrogen) atoms. The van der Waals surface area contributed by atoms with Crippen LogP contribution in [0.5, 0.6) is 5.75 Å². The number of benzene rings is 1. The van der Waals surface area contributed by atoms with E-state index in [1.54, 1.807) is 18.2 Å². The van der Waals surface area contributed by atoms with Gasteiger partial charge in [-0.3, -0.25) is 4.79 Å². The molecule has 0 bridgehead atoms. The van der Waals surface area contributed by atoms with E-state index in [0.717, 1.165) is 6.42 Å². The highest BCUT2D eigenvalue weighted by atomic mass is 35.5. The van der Waals surface area contributed by atoms with Crippen LogP contribution in [0.4, 0.5) is 0 Å². The van der Waals surface area contributed by atoms with Gasteiger partial charge in [-0.15, -0.1) is 0 Å². The first-order valence-corrected chi connectivity index (χ1v) is 8.60. The Balaban J connectivity index is 1.63. The van der Waals surface area contributed by atoms with Gasteiger partial charge in [-0.25, -0.2) is 0 Å². The predicted octanol–water partition coefficient (Wildman–Crippen LogP) is 2.32. The summed E-state index contributed by atoms with van der Waals surface area (Å²) in [6.07, 6.45) is 3.40. The molecule has 1 saturated carbocycles. The van der Waals surface area contributed by atoms with E-state index in [1.165, 1.54) is 12.8 Å². The fraction of sp³-hybridized carbons (Fsp3) is 0.588. The monoisotopic (exact) mass is 338 g/mol. The molecule has 1 atom stereocenters. The number of carbonyl (C=O) groups is 1. The number of rotatable bonds is 6. The fourth-order valence-electron chi connectivity index (χ4n) is 2.81. The molecular weight excluding hydrogens is 316 g/mol. The second-order valence-electron chi connectivity index (χ2n) is 6.13. The molecule has 6 heteroatoms. The largest absolute Gasteiger partial charge is 0.492 e. The molecular formula is C17H23ClN2O3. The van der Waals surface area contributed by atoms with Crippen LogP contribution >= 0.6 is 11.6 Å². The van der Waals surface area contributed by atoms with Gasteiger partial charge in [0.2, 0.25) is 0 Å². The van der Waals surface area contributed by atoms with Gasteiger partial charge in [0, 0.05) is 18.7 Å². The Bertz CT molecular complexity index is 563. The Labute approximate surface area is 141 Å². The van der Waals surface area contributed by atoms with Gasteiger partial charge in [-0.1, -0.05) is 11.6 Å². The third kappa shape index (κ3) is 4.16. The zero-order valence-corrected chi connectivity index (χ0v) is 13.9. The Morgan fingerprint density at radius 2 is 2.26 bits per heavy atom. The highest BCUT2D eigenvalue weighted by Gasteiger charge is 2.36. The van der Waals surface area contributed by atoms with Crippen molar-refractivity contribution in [1.82, 2.24) is 4.90 Å². The Kier molecular flexibility index (Phi) is 5.41. The van der Waals surface area contributed by atoms with Crippen molar-refractivity contribution < 1.29 is 14.3 Å². The molecule has 1 aliphatic heterocycles. The summed E-state index contributed by atoms with van der Waals surface area (Å²) in [5.41, 5.74) is 6.04. The highest BCUT2D eigenvalue weighted by Crippen LogP contribution is 2.36. The smallest absolute Gasteiger partial charge is 0.254 e. The molecule has 1 aliphatic carbocycles. The van der Waals surface area contributed by atoms with Crippen LogP contribution in [0.15, 0.2) is 18.2 Å². The summed E-state index contributed by atoms with van der Waals surface area (Å²) < 4.78 is 11.3. The Morgan fingerprint density at radius 1 is 1.43 bits per heavy atom. The van der Waals surface area contributed by atoms with Crippen LogP contribution in [0, 0.1) is 5.92 Å². The van der Waals surface area contributed by atoms with E-state index in [2.05, 4.69) is 0 Å². The van der Waals surface area contributed by atoms with Crippen LogP contribution in [0.3, 0.4) is 0 Å². The molecule has 1 heterocycles. The van der Waals surface area contributed by atoms with E-state index >= 15 is 0 Å². The summed E-state index contributed by atoms with van der Waals surface area (Å²) in [5.74, 6) is 1.23. The number of hydrogen-bond donors (Lipinski definition) is 1. The average Bonchev–Trinajstić information content (AvgIpc) is 3.41. The molecule has 2 N–H and O–H groups in total. The van der Waals surface area contributed by atoms with Crippen molar-refractivity contribution in [2.45, 2.75) is 25.4 Å². The number of ether oxygens (including phenoxy) is 2. The van der Waals surface area contributed by atoms with Gasteiger partial charge >= 0.3 is 0 Å². The maximum atomic E-state index is 12.7. The molecule has 2 aliphatic rings. The minimum atomic E-state index is 0.00866. The Morgan fingerprint density at radius 3 is 2.96 bits per heavy atom. The van der Waals surface area contributed by atoms with Gasteiger partial charge in [-0.05, 0) is 49.9 Å².